The second-order valence-electron chi connectivity index (χ2n) is 4.68. The van der Waals surface area contributed by atoms with Gasteiger partial charge in [0.25, 0.3) is 5.92 Å². The Morgan fingerprint density at radius 2 is 1.67 bits per heavy atom. The first-order valence-electron chi connectivity index (χ1n) is 5.77. The predicted octanol–water partition coefficient (Wildman–Crippen LogP) is 3.56. The number of carboxylic acids is 1. The lowest BCUT2D eigenvalue weighted by molar-refractivity contribution is -0.181. The summed E-state index contributed by atoms with van der Waals surface area (Å²) in [6.45, 7) is 0. The maximum Gasteiger partial charge on any atom is 0.316 e. The third-order valence-corrected chi connectivity index (χ3v) is 3.67. The smallest absolute Gasteiger partial charge is 0.316 e. The molecule has 0 atom stereocenters. The molecule has 1 fully saturated rings. The Bertz CT molecular complexity index is 448. The van der Waals surface area contributed by atoms with Crippen LogP contribution in [0.15, 0.2) is 24.3 Å². The molecule has 18 heavy (non-hydrogen) atoms. The summed E-state index contributed by atoms with van der Waals surface area (Å²) in [7, 11) is 0. The van der Waals surface area contributed by atoms with Crippen LogP contribution in [0.4, 0.5) is 13.2 Å². The average molecular weight is 258 g/mol. The van der Waals surface area contributed by atoms with Crippen LogP contribution in [-0.4, -0.2) is 11.1 Å². The molecule has 0 aliphatic heterocycles. The number of hydrogen-bond donors (Lipinski definition) is 1. The number of carbonyl (C=O) groups is 1. The summed E-state index contributed by atoms with van der Waals surface area (Å²) in [6.07, 6.45) is 0.853. The van der Waals surface area contributed by atoms with Crippen LogP contribution in [-0.2, 0) is 10.7 Å². The molecular weight excluding hydrogens is 245 g/mol. The minimum Gasteiger partial charge on any atom is -0.481 e. The molecule has 1 aromatic carbocycles. The molecular formula is C13H13F3O2. The fourth-order valence-corrected chi connectivity index (χ4v) is 2.58. The molecule has 2 rings (SSSR count). The van der Waals surface area contributed by atoms with Gasteiger partial charge < -0.3 is 5.11 Å². The van der Waals surface area contributed by atoms with E-state index in [2.05, 4.69) is 0 Å². The van der Waals surface area contributed by atoms with Crippen LogP contribution in [0.25, 0.3) is 0 Å². The van der Waals surface area contributed by atoms with Gasteiger partial charge in [-0.2, -0.15) is 0 Å². The van der Waals surface area contributed by atoms with Crippen molar-refractivity contribution in [2.45, 2.75) is 31.6 Å². The molecule has 1 aliphatic carbocycles. The first-order valence-corrected chi connectivity index (χ1v) is 5.77. The van der Waals surface area contributed by atoms with Gasteiger partial charge in [-0.3, -0.25) is 4.79 Å². The zero-order valence-corrected chi connectivity index (χ0v) is 9.63. The fourth-order valence-electron chi connectivity index (χ4n) is 2.58. The Kier molecular flexibility index (Phi) is 3.09. The van der Waals surface area contributed by atoms with E-state index in [0.717, 1.165) is 24.3 Å². The highest BCUT2D eigenvalue weighted by atomic mass is 19.3. The summed E-state index contributed by atoms with van der Waals surface area (Å²) < 4.78 is 41.5. The Labute approximate surface area is 102 Å². The molecule has 0 spiro atoms. The number of benzene rings is 1. The van der Waals surface area contributed by atoms with Crippen molar-refractivity contribution in [3.8, 4) is 0 Å². The van der Waals surface area contributed by atoms with Crippen LogP contribution < -0.4 is 0 Å². The lowest BCUT2D eigenvalue weighted by Crippen LogP contribution is -2.43. The lowest BCUT2D eigenvalue weighted by atomic mass is 9.76. The molecule has 0 heterocycles. The Balaban J connectivity index is 2.45. The van der Waals surface area contributed by atoms with E-state index in [-0.39, 0.29) is 12.8 Å². The molecule has 2 nitrogen and oxygen atoms in total. The lowest BCUT2D eigenvalue weighted by Gasteiger charge is -2.33. The highest BCUT2D eigenvalue weighted by Gasteiger charge is 2.61. The van der Waals surface area contributed by atoms with Crippen LogP contribution in [0.5, 0.6) is 0 Å². The monoisotopic (exact) mass is 258 g/mol. The van der Waals surface area contributed by atoms with E-state index in [1.54, 1.807) is 0 Å². The number of hydrogen-bond acceptors (Lipinski definition) is 1. The maximum atomic E-state index is 14.4. The van der Waals surface area contributed by atoms with Crippen molar-refractivity contribution in [3.05, 3.63) is 35.6 Å². The quantitative estimate of drug-likeness (QED) is 0.900. The van der Waals surface area contributed by atoms with Gasteiger partial charge in [-0.15, -0.1) is 0 Å². The average Bonchev–Trinajstić information content (AvgIpc) is 2.80. The van der Waals surface area contributed by atoms with E-state index >= 15 is 0 Å². The van der Waals surface area contributed by atoms with Gasteiger partial charge in [-0.05, 0) is 25.0 Å². The summed E-state index contributed by atoms with van der Waals surface area (Å²) in [5.41, 5.74) is -2.49. The van der Waals surface area contributed by atoms with Crippen molar-refractivity contribution in [1.82, 2.24) is 0 Å². The highest BCUT2D eigenvalue weighted by Crippen LogP contribution is 2.54. The molecule has 1 saturated carbocycles. The minimum absolute atomic E-state index is 0.0489. The molecule has 0 amide bonds. The SMILES string of the molecule is O=C(O)C1(C(F)(F)c2ccc(F)cc2)CCCC1. The van der Waals surface area contributed by atoms with Crippen LogP contribution in [0.3, 0.4) is 0 Å². The molecule has 0 saturated heterocycles. The van der Waals surface area contributed by atoms with Crippen molar-refractivity contribution < 1.29 is 23.1 Å². The van der Waals surface area contributed by atoms with Crippen molar-refractivity contribution in [3.63, 3.8) is 0 Å². The molecule has 1 aromatic rings. The van der Waals surface area contributed by atoms with Crippen molar-refractivity contribution >= 4 is 5.97 Å². The van der Waals surface area contributed by atoms with E-state index in [4.69, 9.17) is 5.11 Å². The van der Waals surface area contributed by atoms with E-state index < -0.39 is 28.7 Å². The second-order valence-corrected chi connectivity index (χ2v) is 4.68. The van der Waals surface area contributed by atoms with Gasteiger partial charge in [0.2, 0.25) is 0 Å². The zero-order valence-electron chi connectivity index (χ0n) is 9.63. The van der Waals surface area contributed by atoms with Gasteiger partial charge in [-0.25, -0.2) is 13.2 Å². The third kappa shape index (κ3) is 1.78. The Morgan fingerprint density at radius 1 is 1.17 bits per heavy atom. The summed E-state index contributed by atoms with van der Waals surface area (Å²) >= 11 is 0. The van der Waals surface area contributed by atoms with Crippen LogP contribution in [0.1, 0.15) is 31.2 Å². The number of halogens is 3. The van der Waals surface area contributed by atoms with E-state index in [9.17, 15) is 18.0 Å². The number of alkyl halides is 2. The van der Waals surface area contributed by atoms with Gasteiger partial charge in [0.05, 0.1) is 0 Å². The molecule has 0 radical (unpaired) electrons. The van der Waals surface area contributed by atoms with Crippen molar-refractivity contribution in [2.75, 3.05) is 0 Å². The molecule has 5 heteroatoms. The molecule has 98 valence electrons. The maximum absolute atomic E-state index is 14.4. The molecule has 1 N–H and O–H groups in total. The number of carboxylic acid groups (broad SMARTS) is 1. The minimum atomic E-state index is -3.48. The number of aliphatic carboxylic acids is 1. The zero-order chi connectivity index (χ0) is 13.4. The normalized spacial score (nSPS) is 18.8. The van der Waals surface area contributed by atoms with Gasteiger partial charge in [0.15, 0.2) is 0 Å². The van der Waals surface area contributed by atoms with Crippen LogP contribution in [0, 0.1) is 11.2 Å². The first kappa shape index (κ1) is 12.9. The van der Waals surface area contributed by atoms with Crippen molar-refractivity contribution in [1.29, 1.82) is 0 Å². The van der Waals surface area contributed by atoms with Crippen LogP contribution in [0.2, 0.25) is 0 Å². The third-order valence-electron chi connectivity index (χ3n) is 3.67. The standard InChI is InChI=1S/C13H13F3O2/c14-10-5-3-9(4-6-10)13(15,16)12(11(17)18)7-1-2-8-12/h3-6H,1-2,7-8H2,(H,17,18). The Hall–Kier alpha value is -1.52. The van der Waals surface area contributed by atoms with Crippen molar-refractivity contribution in [2.24, 2.45) is 5.41 Å². The highest BCUT2D eigenvalue weighted by molar-refractivity contribution is 5.76. The molecule has 1 aliphatic rings. The van der Waals surface area contributed by atoms with E-state index in [1.807, 2.05) is 0 Å². The topological polar surface area (TPSA) is 37.3 Å². The molecule has 0 aromatic heterocycles. The molecule has 0 bridgehead atoms. The van der Waals surface area contributed by atoms with E-state index in [1.165, 1.54) is 0 Å². The van der Waals surface area contributed by atoms with Gasteiger partial charge >= 0.3 is 5.97 Å². The summed E-state index contributed by atoms with van der Waals surface area (Å²) in [4.78, 5) is 11.3. The first-order chi connectivity index (χ1) is 8.40. The summed E-state index contributed by atoms with van der Waals surface area (Å²) in [5.74, 6) is -5.58. The van der Waals surface area contributed by atoms with E-state index in [0.29, 0.717) is 12.8 Å². The number of rotatable bonds is 3. The molecule has 0 unspecified atom stereocenters. The summed E-state index contributed by atoms with van der Waals surface area (Å²) in [6, 6.07) is 3.76. The fraction of sp³-hybridized carbons (Fsp3) is 0.462. The van der Waals surface area contributed by atoms with Gasteiger partial charge in [0, 0.05) is 5.56 Å². The Morgan fingerprint density at radius 3 is 2.11 bits per heavy atom. The van der Waals surface area contributed by atoms with Crippen LogP contribution >= 0.6 is 0 Å². The largest absolute Gasteiger partial charge is 0.481 e. The van der Waals surface area contributed by atoms with Gasteiger partial charge in [-0.1, -0.05) is 25.0 Å². The summed E-state index contributed by atoms with van der Waals surface area (Å²) in [5, 5.41) is 9.16. The predicted molar refractivity (Wildman–Crippen MR) is 58.8 cm³/mol. The van der Waals surface area contributed by atoms with Gasteiger partial charge in [0.1, 0.15) is 11.2 Å². The second kappa shape index (κ2) is 4.30.